The lowest BCUT2D eigenvalue weighted by atomic mass is 10.0. The first kappa shape index (κ1) is 67.1. The van der Waals surface area contributed by atoms with Gasteiger partial charge in [0.05, 0.1) is 76.5 Å². The number of nitrogens with zero attached hydrogens (tertiary/aromatic N) is 11. The second kappa shape index (κ2) is 32.7. The van der Waals surface area contributed by atoms with Gasteiger partial charge in [-0.05, 0) is 163 Å². The predicted molar refractivity (Wildman–Crippen MR) is 356 cm³/mol. The van der Waals surface area contributed by atoms with Crippen LogP contribution in [0.3, 0.4) is 0 Å². The summed E-state index contributed by atoms with van der Waals surface area (Å²) in [6.07, 6.45) is 31.1. The third-order valence-electron chi connectivity index (χ3n) is 18.2. The molecule has 6 aromatic heterocycles. The van der Waals surface area contributed by atoms with Crippen LogP contribution < -0.4 is 14.7 Å². The molecular weight excluding hydrogens is 1190 g/mol. The molecule has 5 saturated heterocycles. The molecule has 13 heterocycles. The SMILES string of the molecule is CC(=O)N1CC=C(c2ccn3c(N4CCC(OCCO)CC4)cnc3c2)CC1.CC(C)(C)OC(=O)N1CC=C(c2ccn3c(N4CCC(OCCOC5CCCCO5)CC4)cnc3c2)CC1.Clc1ccn2c(N3CCC(OCCOC4CCCCO4)CC3)cnc2c1. The molecule has 0 aromatic carbocycles. The Hall–Kier alpha value is -6.34. The molecule has 0 bridgehead atoms. The van der Waals surface area contributed by atoms with Gasteiger partial charge in [-0.1, -0.05) is 23.8 Å². The Morgan fingerprint density at radius 1 is 0.543 bits per heavy atom. The van der Waals surface area contributed by atoms with Crippen molar-refractivity contribution in [1.29, 1.82) is 0 Å². The van der Waals surface area contributed by atoms with Gasteiger partial charge < -0.3 is 67.5 Å². The van der Waals surface area contributed by atoms with E-state index in [4.69, 9.17) is 59.6 Å². The van der Waals surface area contributed by atoms with Gasteiger partial charge in [-0.25, -0.2) is 19.7 Å². The molecule has 6 aromatic rings. The molecule has 13 rings (SSSR count). The average molecular weight is 1290 g/mol. The Kier molecular flexibility index (Phi) is 23.8. The van der Waals surface area contributed by atoms with Crippen molar-refractivity contribution in [2.24, 2.45) is 0 Å². The molecule has 5 fully saturated rings. The third kappa shape index (κ3) is 18.3. The highest BCUT2D eigenvalue weighted by molar-refractivity contribution is 6.30. The van der Waals surface area contributed by atoms with E-state index >= 15 is 0 Å². The van der Waals surface area contributed by atoms with Gasteiger partial charge in [0.25, 0.3) is 0 Å². The highest BCUT2D eigenvalue weighted by atomic mass is 35.5. The average Bonchev–Trinajstić information content (AvgIpc) is 1.71. The number of rotatable bonds is 18. The van der Waals surface area contributed by atoms with Crippen LogP contribution in [0.25, 0.3) is 28.1 Å². The molecular formula is C69H96ClN11O11. The smallest absolute Gasteiger partial charge is 0.410 e. The number of anilines is 3. The van der Waals surface area contributed by atoms with E-state index in [0.29, 0.717) is 63.8 Å². The van der Waals surface area contributed by atoms with Crippen molar-refractivity contribution in [3.05, 3.63) is 102 Å². The second-order valence-electron chi connectivity index (χ2n) is 25.8. The van der Waals surface area contributed by atoms with E-state index in [1.165, 1.54) is 29.6 Å². The summed E-state index contributed by atoms with van der Waals surface area (Å²) < 4.78 is 52.4. The number of aliphatic hydroxyl groups is 1. The molecule has 0 spiro atoms. The summed E-state index contributed by atoms with van der Waals surface area (Å²) in [5.41, 5.74) is 7.16. The molecule has 500 valence electrons. The Bertz CT molecular complexity index is 3380. The van der Waals surface area contributed by atoms with Gasteiger partial charge in [-0.3, -0.25) is 18.0 Å². The molecule has 22 nitrogen and oxygen atoms in total. The number of aromatic nitrogens is 6. The molecule has 1 N–H and O–H groups in total. The van der Waals surface area contributed by atoms with E-state index in [-0.39, 0.29) is 43.4 Å². The van der Waals surface area contributed by atoms with Crippen LogP contribution in [0.15, 0.2) is 85.7 Å². The summed E-state index contributed by atoms with van der Waals surface area (Å²) in [6.45, 7) is 20.2. The number of amides is 2. The minimum Gasteiger partial charge on any atom is -0.444 e. The van der Waals surface area contributed by atoms with Gasteiger partial charge in [0.1, 0.15) is 40.0 Å². The van der Waals surface area contributed by atoms with Crippen molar-refractivity contribution in [2.45, 2.75) is 154 Å². The third-order valence-corrected chi connectivity index (χ3v) is 18.4. The van der Waals surface area contributed by atoms with Gasteiger partial charge in [0, 0.05) is 115 Å². The van der Waals surface area contributed by atoms with Crippen LogP contribution in [-0.4, -0.2) is 210 Å². The van der Waals surface area contributed by atoms with E-state index in [0.717, 1.165) is 176 Å². The molecule has 0 aliphatic carbocycles. The quantitative estimate of drug-likeness (QED) is 0.0797. The summed E-state index contributed by atoms with van der Waals surface area (Å²) in [6, 6.07) is 12.4. The summed E-state index contributed by atoms with van der Waals surface area (Å²) in [4.78, 5) is 48.4. The molecule has 2 amide bonds. The largest absolute Gasteiger partial charge is 0.444 e. The van der Waals surface area contributed by atoms with Gasteiger partial charge in [0.15, 0.2) is 12.6 Å². The standard InChI is InChI=1S/C29H42N4O5.C21H28N4O3.C19H26ClN3O3/c1-29(2,3)38-28(34)32-12-7-22(8-13-32)23-9-16-33-25(20-23)30-21-26(33)31-14-10-24(11-15-31)35-18-19-37-27-6-4-5-17-36-27;1-16(27)23-7-2-17(3-8-23)18-4-11-25-20(14-18)22-15-21(25)24-9-5-19(6-10-24)28-13-12-26;20-15-4-9-23-17(13-15)21-14-18(23)22-7-5-16(6-8-22)24-11-12-26-19-3-1-2-10-25-19/h7,9,16,20-21,24,27H,4-6,8,10-15,17-19H2,1-3H3;2,4,11,14-15,19,26H,3,5-10,12-13H2,1H3;4,9,13-14,16,19H,1-3,5-8,10-12H2. The number of fused-ring (bicyclic) bond motifs is 3. The molecule has 7 aliphatic rings. The van der Waals surface area contributed by atoms with Gasteiger partial charge in [0.2, 0.25) is 5.91 Å². The molecule has 7 aliphatic heterocycles. The van der Waals surface area contributed by atoms with E-state index in [9.17, 15) is 9.59 Å². The Morgan fingerprint density at radius 2 is 0.957 bits per heavy atom. The lowest BCUT2D eigenvalue weighted by Crippen LogP contribution is -2.39. The van der Waals surface area contributed by atoms with Crippen LogP contribution >= 0.6 is 11.6 Å². The lowest BCUT2D eigenvalue weighted by molar-refractivity contribution is -0.172. The Morgan fingerprint density at radius 3 is 1.35 bits per heavy atom. The summed E-state index contributed by atoms with van der Waals surface area (Å²) in [7, 11) is 0. The van der Waals surface area contributed by atoms with Crippen LogP contribution in [0.2, 0.25) is 5.02 Å². The summed E-state index contributed by atoms with van der Waals surface area (Å²) in [5, 5.41) is 9.61. The van der Waals surface area contributed by atoms with Crippen molar-refractivity contribution in [3.63, 3.8) is 0 Å². The van der Waals surface area contributed by atoms with Crippen LogP contribution in [-0.2, 0) is 42.7 Å². The fourth-order valence-corrected chi connectivity index (χ4v) is 13.2. The number of hydrogen-bond acceptors (Lipinski definition) is 17. The number of carbonyl (C=O) groups excluding carboxylic acids is 2. The number of piperidine rings is 3. The summed E-state index contributed by atoms with van der Waals surface area (Å²) in [5.74, 6) is 3.49. The fourth-order valence-electron chi connectivity index (χ4n) is 13.1. The molecule has 0 saturated carbocycles. The Balaban J connectivity index is 0.000000145. The van der Waals surface area contributed by atoms with Gasteiger partial charge >= 0.3 is 6.09 Å². The topological polar surface area (TPSA) is 196 Å². The first-order valence-electron chi connectivity index (χ1n) is 33.7. The van der Waals surface area contributed by atoms with Crippen molar-refractivity contribution in [1.82, 2.24) is 38.0 Å². The number of hydrogen-bond donors (Lipinski definition) is 1. The number of imidazole rings is 3. The molecule has 23 heteroatoms. The molecule has 2 atom stereocenters. The number of pyridine rings is 3. The zero-order chi connectivity index (χ0) is 63.8. The first-order valence-corrected chi connectivity index (χ1v) is 34.0. The van der Waals surface area contributed by atoms with Crippen molar-refractivity contribution in [2.75, 3.05) is 133 Å². The Labute approximate surface area is 546 Å². The predicted octanol–water partition coefficient (Wildman–Crippen LogP) is 10.4. The maximum absolute atomic E-state index is 12.4. The minimum atomic E-state index is -0.480. The van der Waals surface area contributed by atoms with Crippen molar-refractivity contribution < 1.29 is 52.6 Å². The van der Waals surface area contributed by atoms with Crippen molar-refractivity contribution >= 4 is 69.1 Å². The van der Waals surface area contributed by atoms with E-state index in [1.54, 1.807) is 11.8 Å². The van der Waals surface area contributed by atoms with Crippen LogP contribution in [0.1, 0.15) is 129 Å². The molecule has 92 heavy (non-hydrogen) atoms. The maximum atomic E-state index is 12.4. The van der Waals surface area contributed by atoms with Gasteiger partial charge in [-0.2, -0.15) is 0 Å². The zero-order valence-electron chi connectivity index (χ0n) is 54.4. The van der Waals surface area contributed by atoms with E-state index in [2.05, 4.69) is 86.7 Å². The number of ether oxygens (including phenoxy) is 8. The zero-order valence-corrected chi connectivity index (χ0v) is 55.2. The monoisotopic (exact) mass is 1290 g/mol. The van der Waals surface area contributed by atoms with E-state index < -0.39 is 5.60 Å². The highest BCUT2D eigenvalue weighted by Gasteiger charge is 2.28. The van der Waals surface area contributed by atoms with Gasteiger partial charge in [-0.15, -0.1) is 0 Å². The number of aliphatic hydroxyl groups excluding tert-OH is 1. The second-order valence-corrected chi connectivity index (χ2v) is 26.2. The minimum absolute atomic E-state index is 0.0298. The number of carbonyl (C=O) groups is 2. The first-order chi connectivity index (χ1) is 44.8. The molecule has 2 unspecified atom stereocenters. The van der Waals surface area contributed by atoms with Crippen LogP contribution in [0.5, 0.6) is 0 Å². The van der Waals surface area contributed by atoms with Crippen LogP contribution in [0, 0.1) is 0 Å². The van der Waals surface area contributed by atoms with Crippen LogP contribution in [0.4, 0.5) is 22.2 Å². The van der Waals surface area contributed by atoms with Crippen molar-refractivity contribution in [3.8, 4) is 0 Å². The maximum Gasteiger partial charge on any atom is 0.410 e. The summed E-state index contributed by atoms with van der Waals surface area (Å²) >= 11 is 6.04. The lowest BCUT2D eigenvalue weighted by Gasteiger charge is -2.33. The normalized spacial score (nSPS) is 20.8. The fraction of sp³-hybridized carbons (Fsp3) is 0.609. The number of halogens is 1. The molecule has 0 radical (unpaired) electrons. The van der Waals surface area contributed by atoms with E-state index in [1.807, 2.05) is 62.6 Å². The highest BCUT2D eigenvalue weighted by Crippen LogP contribution is 2.31.